The van der Waals surface area contributed by atoms with Gasteiger partial charge in [-0.05, 0) is 87.3 Å². The molecule has 10 rings (SSSR count). The summed E-state index contributed by atoms with van der Waals surface area (Å²) in [5, 5.41) is 4.56. The minimum atomic E-state index is 0.191. The van der Waals surface area contributed by atoms with Gasteiger partial charge in [0.1, 0.15) is 5.82 Å². The highest BCUT2D eigenvalue weighted by atomic mass is 15.1. The van der Waals surface area contributed by atoms with Crippen molar-refractivity contribution in [2.75, 3.05) is 0 Å². The van der Waals surface area contributed by atoms with Crippen LogP contribution in [-0.2, 0) is 0 Å². The molecular formula is C50H36N6. The molecule has 0 bridgehead atoms. The van der Waals surface area contributed by atoms with E-state index in [1.54, 1.807) is 0 Å². The molecule has 56 heavy (non-hydrogen) atoms. The number of aromatic nitrogens is 6. The molecule has 0 fully saturated rings. The standard InChI is InChI=1S/C50H36N6/c1-32(2)50-52-45-25-24-39(44-21-10-11-26-51-44)31-46(45)56(50)41-20-12-19-38(28-41)42-29-36-17-8-9-18-37(36)30-43(42)49-54-47(34-14-4-3-5-15-34)53-48(55-49)40-23-22-33-13-6-7-16-35(33)27-40/h3-32H,1-2H3. The van der Waals surface area contributed by atoms with E-state index in [0.29, 0.717) is 17.5 Å². The third-order valence-corrected chi connectivity index (χ3v) is 10.4. The fourth-order valence-corrected chi connectivity index (χ4v) is 7.59. The first-order valence-corrected chi connectivity index (χ1v) is 18.9. The molecule has 0 saturated heterocycles. The molecule has 0 saturated carbocycles. The first-order chi connectivity index (χ1) is 27.6. The van der Waals surface area contributed by atoms with Crippen LogP contribution in [0.5, 0.6) is 0 Å². The van der Waals surface area contributed by atoms with E-state index in [9.17, 15) is 0 Å². The summed E-state index contributed by atoms with van der Waals surface area (Å²) in [6.45, 7) is 4.39. The van der Waals surface area contributed by atoms with Gasteiger partial charge >= 0.3 is 0 Å². The van der Waals surface area contributed by atoms with Gasteiger partial charge in [0.05, 0.1) is 16.7 Å². The lowest BCUT2D eigenvalue weighted by Crippen LogP contribution is -2.04. The maximum absolute atomic E-state index is 5.24. The topological polar surface area (TPSA) is 69.4 Å². The molecule has 0 aliphatic carbocycles. The SMILES string of the molecule is CC(C)c1nc2ccc(-c3ccccn3)cc2n1-c1cccc(-c2cc3ccccc3cc2-c2nc(-c3ccccc3)nc(-c3ccc4ccccc4c3)n2)c1. The van der Waals surface area contributed by atoms with Crippen molar-refractivity contribution in [3.8, 4) is 62.2 Å². The summed E-state index contributed by atoms with van der Waals surface area (Å²) >= 11 is 0. The summed E-state index contributed by atoms with van der Waals surface area (Å²) in [5.41, 5.74) is 9.88. The quantitative estimate of drug-likeness (QED) is 0.164. The number of fused-ring (bicyclic) bond motifs is 3. The fraction of sp³-hybridized carbons (Fsp3) is 0.0600. The van der Waals surface area contributed by atoms with E-state index in [2.05, 4.69) is 157 Å². The third kappa shape index (κ3) is 6.07. The van der Waals surface area contributed by atoms with Crippen molar-refractivity contribution in [1.82, 2.24) is 29.5 Å². The van der Waals surface area contributed by atoms with Crippen molar-refractivity contribution < 1.29 is 0 Å². The van der Waals surface area contributed by atoms with Gasteiger partial charge in [-0.15, -0.1) is 0 Å². The van der Waals surface area contributed by atoms with Crippen molar-refractivity contribution in [2.24, 2.45) is 0 Å². The summed E-state index contributed by atoms with van der Waals surface area (Å²) in [6, 6.07) is 59.0. The fourth-order valence-electron chi connectivity index (χ4n) is 7.59. The van der Waals surface area contributed by atoms with Crippen molar-refractivity contribution >= 4 is 32.6 Å². The minimum absolute atomic E-state index is 0.191. The number of rotatable bonds is 7. The van der Waals surface area contributed by atoms with Gasteiger partial charge in [0.25, 0.3) is 0 Å². The monoisotopic (exact) mass is 720 g/mol. The van der Waals surface area contributed by atoms with Gasteiger partial charge in [-0.25, -0.2) is 19.9 Å². The summed E-state index contributed by atoms with van der Waals surface area (Å²) < 4.78 is 2.30. The Bertz CT molecular complexity index is 3060. The zero-order valence-electron chi connectivity index (χ0n) is 31.0. The van der Waals surface area contributed by atoms with Gasteiger partial charge < -0.3 is 0 Å². The molecule has 0 aliphatic rings. The molecular weight excluding hydrogens is 685 g/mol. The Kier molecular flexibility index (Phi) is 8.22. The highest BCUT2D eigenvalue weighted by Gasteiger charge is 2.20. The second-order valence-corrected chi connectivity index (χ2v) is 14.4. The Morgan fingerprint density at radius 2 is 1.07 bits per heavy atom. The number of hydrogen-bond donors (Lipinski definition) is 0. The molecule has 0 radical (unpaired) electrons. The largest absolute Gasteiger partial charge is 0.296 e. The highest BCUT2D eigenvalue weighted by Crippen LogP contribution is 2.38. The zero-order valence-corrected chi connectivity index (χ0v) is 31.0. The molecule has 266 valence electrons. The Hall–Kier alpha value is -7.31. The van der Waals surface area contributed by atoms with E-state index in [0.717, 1.165) is 77.8 Å². The minimum Gasteiger partial charge on any atom is -0.296 e. The average molecular weight is 721 g/mol. The van der Waals surface area contributed by atoms with Crippen LogP contribution in [0.15, 0.2) is 176 Å². The first kappa shape index (κ1) is 33.3. The molecule has 0 spiro atoms. The molecule has 0 aliphatic heterocycles. The average Bonchev–Trinajstić information content (AvgIpc) is 3.66. The van der Waals surface area contributed by atoms with E-state index in [1.165, 1.54) is 5.39 Å². The van der Waals surface area contributed by atoms with Gasteiger partial charge in [0.2, 0.25) is 0 Å². The lowest BCUT2D eigenvalue weighted by molar-refractivity contribution is 0.760. The molecule has 3 aromatic heterocycles. The highest BCUT2D eigenvalue weighted by molar-refractivity contribution is 5.96. The van der Waals surface area contributed by atoms with Crippen LogP contribution in [0.2, 0.25) is 0 Å². The van der Waals surface area contributed by atoms with Crippen molar-refractivity contribution in [1.29, 1.82) is 0 Å². The van der Waals surface area contributed by atoms with Crippen LogP contribution >= 0.6 is 0 Å². The van der Waals surface area contributed by atoms with Gasteiger partial charge in [-0.2, -0.15) is 0 Å². The van der Waals surface area contributed by atoms with Gasteiger partial charge in [0, 0.05) is 40.1 Å². The molecule has 0 amide bonds. The lowest BCUT2D eigenvalue weighted by Gasteiger charge is -2.16. The van der Waals surface area contributed by atoms with Gasteiger partial charge in [-0.1, -0.05) is 129 Å². The van der Waals surface area contributed by atoms with Crippen LogP contribution in [0, 0.1) is 0 Å². The molecule has 7 aromatic carbocycles. The molecule has 0 atom stereocenters. The molecule has 0 unspecified atom stereocenters. The molecule has 6 heteroatoms. The van der Waals surface area contributed by atoms with Crippen LogP contribution in [-0.4, -0.2) is 29.5 Å². The molecule has 10 aromatic rings. The maximum Gasteiger partial charge on any atom is 0.164 e. The van der Waals surface area contributed by atoms with Crippen molar-refractivity contribution in [3.05, 3.63) is 182 Å². The first-order valence-electron chi connectivity index (χ1n) is 18.9. The van der Waals surface area contributed by atoms with Crippen LogP contribution in [0.3, 0.4) is 0 Å². The van der Waals surface area contributed by atoms with Crippen LogP contribution in [0.4, 0.5) is 0 Å². The van der Waals surface area contributed by atoms with Gasteiger partial charge in [0.15, 0.2) is 17.5 Å². The molecule has 6 nitrogen and oxygen atoms in total. The van der Waals surface area contributed by atoms with Crippen molar-refractivity contribution in [3.63, 3.8) is 0 Å². The summed E-state index contributed by atoms with van der Waals surface area (Å²) in [5.74, 6) is 3.06. The van der Waals surface area contributed by atoms with E-state index >= 15 is 0 Å². The molecule has 3 heterocycles. The predicted molar refractivity (Wildman–Crippen MR) is 229 cm³/mol. The van der Waals surface area contributed by atoms with E-state index in [1.807, 2.05) is 42.6 Å². The smallest absolute Gasteiger partial charge is 0.164 e. The summed E-state index contributed by atoms with van der Waals surface area (Å²) in [6.07, 6.45) is 1.83. The van der Waals surface area contributed by atoms with E-state index in [4.69, 9.17) is 19.9 Å². The Morgan fingerprint density at radius 1 is 0.429 bits per heavy atom. The number of imidazole rings is 1. The summed E-state index contributed by atoms with van der Waals surface area (Å²) in [7, 11) is 0. The van der Waals surface area contributed by atoms with E-state index < -0.39 is 0 Å². The predicted octanol–water partition coefficient (Wildman–Crippen LogP) is 12.4. The lowest BCUT2D eigenvalue weighted by atomic mass is 9.94. The van der Waals surface area contributed by atoms with Crippen molar-refractivity contribution in [2.45, 2.75) is 19.8 Å². The number of pyridine rings is 1. The van der Waals surface area contributed by atoms with Gasteiger partial charge in [-0.3, -0.25) is 9.55 Å². The maximum atomic E-state index is 5.24. The Morgan fingerprint density at radius 3 is 1.82 bits per heavy atom. The van der Waals surface area contributed by atoms with Crippen LogP contribution in [0.1, 0.15) is 25.6 Å². The number of benzene rings is 7. The summed E-state index contributed by atoms with van der Waals surface area (Å²) in [4.78, 5) is 25.3. The normalized spacial score (nSPS) is 11.6. The Balaban J connectivity index is 1.18. The second kappa shape index (κ2) is 13.8. The number of nitrogens with zero attached hydrogens (tertiary/aromatic N) is 6. The number of hydrogen-bond acceptors (Lipinski definition) is 5. The molecule has 0 N–H and O–H groups in total. The van der Waals surface area contributed by atoms with E-state index in [-0.39, 0.29) is 5.92 Å². The van der Waals surface area contributed by atoms with Crippen LogP contribution < -0.4 is 0 Å². The van der Waals surface area contributed by atoms with Crippen LogP contribution in [0.25, 0.3) is 94.8 Å². The second-order valence-electron chi connectivity index (χ2n) is 14.4. The Labute approximate surface area is 324 Å². The zero-order chi connectivity index (χ0) is 37.6. The third-order valence-electron chi connectivity index (χ3n) is 10.4.